The van der Waals surface area contributed by atoms with E-state index < -0.39 is 0 Å². The van der Waals surface area contributed by atoms with Gasteiger partial charge in [0.25, 0.3) is 0 Å². The number of anilines is 6. The molecule has 8 aromatic rings. The summed E-state index contributed by atoms with van der Waals surface area (Å²) in [6, 6.07) is 61.3. The number of phenolic OH excluding ortho intramolecular Hbond substituents is 2. The summed E-state index contributed by atoms with van der Waals surface area (Å²) < 4.78 is 0. The van der Waals surface area contributed by atoms with Crippen molar-refractivity contribution in [2.75, 3.05) is 9.80 Å². The fourth-order valence-electron chi connectivity index (χ4n) is 6.49. The third kappa shape index (κ3) is 6.56. The van der Waals surface area contributed by atoms with E-state index in [9.17, 15) is 10.2 Å². The van der Waals surface area contributed by atoms with Gasteiger partial charge >= 0.3 is 0 Å². The Morgan fingerprint density at radius 2 is 0.962 bits per heavy atom. The predicted octanol–water partition coefficient (Wildman–Crippen LogP) is 12.0. The maximum atomic E-state index is 11.5. The zero-order valence-electron chi connectivity index (χ0n) is 28.2. The molecular formula is C46H34N4O2. The van der Waals surface area contributed by atoms with Gasteiger partial charge < -0.3 is 20.0 Å². The topological polar surface area (TPSA) is 72.2 Å². The van der Waals surface area contributed by atoms with Crippen LogP contribution >= 0.6 is 0 Å². The molecule has 0 saturated carbocycles. The van der Waals surface area contributed by atoms with Gasteiger partial charge in [-0.2, -0.15) is 0 Å². The molecule has 0 spiro atoms. The third-order valence-corrected chi connectivity index (χ3v) is 8.86. The van der Waals surface area contributed by atoms with Crippen LogP contribution in [-0.4, -0.2) is 21.4 Å². The first-order chi connectivity index (χ1) is 25.6. The van der Waals surface area contributed by atoms with E-state index in [1.165, 1.54) is 0 Å². The number of fused-ring (bicyclic) bond motifs is 1. The van der Waals surface area contributed by atoms with E-state index in [4.69, 9.17) is 9.98 Å². The van der Waals surface area contributed by atoms with Crippen LogP contribution in [0.3, 0.4) is 0 Å². The number of aromatic nitrogens is 1. The first-order valence-electron chi connectivity index (χ1n) is 17.0. The number of rotatable bonds is 9. The van der Waals surface area contributed by atoms with Crippen LogP contribution in [-0.2, 0) is 0 Å². The Morgan fingerprint density at radius 1 is 0.442 bits per heavy atom. The summed E-state index contributed by atoms with van der Waals surface area (Å²) in [6.07, 6.45) is 1.68. The van der Waals surface area contributed by atoms with Gasteiger partial charge in [-0.3, -0.25) is 4.99 Å². The summed E-state index contributed by atoms with van der Waals surface area (Å²) in [7, 11) is 0. The third-order valence-electron chi connectivity index (χ3n) is 8.86. The molecule has 6 heteroatoms. The van der Waals surface area contributed by atoms with Crippen LogP contribution < -0.4 is 9.80 Å². The van der Waals surface area contributed by atoms with Gasteiger partial charge in [0.05, 0.1) is 29.0 Å². The molecule has 0 atom stereocenters. The maximum Gasteiger partial charge on any atom is 0.127 e. The average Bonchev–Trinajstić information content (AvgIpc) is 3.19. The molecule has 6 nitrogen and oxygen atoms in total. The van der Waals surface area contributed by atoms with Crippen LogP contribution in [0.5, 0.6) is 11.5 Å². The van der Waals surface area contributed by atoms with Crippen molar-refractivity contribution in [3.05, 3.63) is 194 Å². The van der Waals surface area contributed by atoms with E-state index in [-0.39, 0.29) is 11.5 Å². The lowest BCUT2D eigenvalue weighted by Gasteiger charge is -2.26. The number of aromatic hydroxyl groups is 2. The molecule has 1 aromatic heterocycles. The molecule has 0 bridgehead atoms. The minimum Gasteiger partial charge on any atom is -0.507 e. The molecule has 0 unspecified atom stereocenters. The van der Waals surface area contributed by atoms with Gasteiger partial charge in [-0.25, -0.2) is 4.98 Å². The van der Waals surface area contributed by atoms with Gasteiger partial charge in [-0.1, -0.05) is 91.0 Å². The predicted molar refractivity (Wildman–Crippen MR) is 214 cm³/mol. The first kappa shape index (κ1) is 32.0. The maximum absolute atomic E-state index is 11.5. The lowest BCUT2D eigenvalue weighted by Crippen LogP contribution is -2.09. The highest BCUT2D eigenvalue weighted by atomic mass is 16.3. The van der Waals surface area contributed by atoms with Crippen molar-refractivity contribution < 1.29 is 10.2 Å². The smallest absolute Gasteiger partial charge is 0.127 e. The Morgan fingerprint density at radius 3 is 1.52 bits per heavy atom. The highest BCUT2D eigenvalue weighted by molar-refractivity contribution is 6.02. The molecule has 7 aromatic carbocycles. The van der Waals surface area contributed by atoms with Crippen LogP contribution in [0.1, 0.15) is 5.69 Å². The molecule has 250 valence electrons. The molecule has 2 N–H and O–H groups in total. The van der Waals surface area contributed by atoms with Gasteiger partial charge in [0.15, 0.2) is 0 Å². The number of para-hydroxylation sites is 4. The second-order valence-corrected chi connectivity index (χ2v) is 12.3. The quantitative estimate of drug-likeness (QED) is 0.149. The fraction of sp³-hybridized carbons (Fsp3) is 0. The lowest BCUT2D eigenvalue weighted by atomic mass is 10.1. The molecule has 0 fully saturated rings. The van der Waals surface area contributed by atoms with E-state index in [0.29, 0.717) is 28.0 Å². The number of nitrogens with zero attached hydrogens (tertiary/aromatic N) is 4. The summed E-state index contributed by atoms with van der Waals surface area (Å²) in [5, 5.41) is 24.3. The zero-order chi connectivity index (χ0) is 35.3. The summed E-state index contributed by atoms with van der Waals surface area (Å²) in [6.45, 7) is 0. The molecule has 0 radical (unpaired) electrons. The normalized spacial score (nSPS) is 11.2. The molecule has 8 rings (SSSR count). The van der Waals surface area contributed by atoms with Gasteiger partial charge in [0, 0.05) is 51.5 Å². The van der Waals surface area contributed by atoms with Gasteiger partial charge in [-0.05, 0) is 90.3 Å². The second kappa shape index (κ2) is 14.4. The number of hydrogen-bond acceptors (Lipinski definition) is 6. The van der Waals surface area contributed by atoms with Crippen molar-refractivity contribution in [1.29, 1.82) is 0 Å². The highest BCUT2D eigenvalue weighted by Gasteiger charge is 2.17. The molecule has 52 heavy (non-hydrogen) atoms. The molecule has 0 amide bonds. The SMILES string of the molecule is Oc1cc(N(c2ccccc2)c2ccccc2)ccc1-c1cccc(C=Nc2cccc3cc(N(c4ccccc4)c4ccccc4)cc(O)c23)n1. The Hall–Kier alpha value is -7.18. The Bertz CT molecular complexity index is 2410. The first-order valence-corrected chi connectivity index (χ1v) is 17.0. The van der Waals surface area contributed by atoms with Crippen molar-refractivity contribution in [2.45, 2.75) is 0 Å². The number of benzene rings is 7. The standard InChI is InChI=1S/C46H34N4O2/c51-44-30-39(49(35-17-5-1-6-18-35)36-19-7-2-8-20-36)27-28-41(44)42-25-14-16-34(48-42)32-47-43-26-13-15-33-29-40(31-45(52)46(33)43)50(37-21-9-3-10-22-37)38-23-11-4-12-24-38/h1-32,51-52H. The van der Waals surface area contributed by atoms with Gasteiger partial charge in [-0.15, -0.1) is 0 Å². The van der Waals surface area contributed by atoms with Crippen molar-refractivity contribution >= 4 is 56.8 Å². The minimum atomic E-state index is 0.116. The van der Waals surface area contributed by atoms with Crippen LogP contribution in [0, 0.1) is 0 Å². The number of aliphatic imine (C=N–C) groups is 1. The number of phenols is 2. The average molecular weight is 675 g/mol. The van der Waals surface area contributed by atoms with Gasteiger partial charge in [0.1, 0.15) is 11.5 Å². The van der Waals surface area contributed by atoms with Crippen molar-refractivity contribution in [2.24, 2.45) is 4.99 Å². The van der Waals surface area contributed by atoms with Crippen molar-refractivity contribution in [3.63, 3.8) is 0 Å². The van der Waals surface area contributed by atoms with E-state index >= 15 is 0 Å². The number of hydrogen-bond donors (Lipinski definition) is 2. The summed E-state index contributed by atoms with van der Waals surface area (Å²) >= 11 is 0. The fourth-order valence-corrected chi connectivity index (χ4v) is 6.49. The second-order valence-electron chi connectivity index (χ2n) is 12.3. The van der Waals surface area contributed by atoms with E-state index in [1.807, 2.05) is 170 Å². The van der Waals surface area contributed by atoms with E-state index in [2.05, 4.69) is 15.9 Å². The van der Waals surface area contributed by atoms with Crippen LogP contribution in [0.15, 0.2) is 193 Å². The molecule has 0 aliphatic heterocycles. The summed E-state index contributed by atoms with van der Waals surface area (Å²) in [5.41, 5.74) is 8.05. The molecule has 1 heterocycles. The Kier molecular flexibility index (Phi) is 8.85. The van der Waals surface area contributed by atoms with E-state index in [0.717, 1.165) is 39.5 Å². The molecule has 0 saturated heterocycles. The zero-order valence-corrected chi connectivity index (χ0v) is 28.2. The van der Waals surface area contributed by atoms with E-state index in [1.54, 1.807) is 18.3 Å². The van der Waals surface area contributed by atoms with Crippen molar-refractivity contribution in [3.8, 4) is 22.8 Å². The minimum absolute atomic E-state index is 0.116. The summed E-state index contributed by atoms with van der Waals surface area (Å²) in [4.78, 5) is 13.8. The monoisotopic (exact) mass is 674 g/mol. The largest absolute Gasteiger partial charge is 0.507 e. The molecular weight excluding hydrogens is 641 g/mol. The van der Waals surface area contributed by atoms with Crippen LogP contribution in [0.4, 0.5) is 39.8 Å². The van der Waals surface area contributed by atoms with Gasteiger partial charge in [0.2, 0.25) is 0 Å². The highest BCUT2D eigenvalue weighted by Crippen LogP contribution is 2.42. The van der Waals surface area contributed by atoms with Crippen molar-refractivity contribution in [1.82, 2.24) is 4.98 Å². The molecule has 0 aliphatic rings. The lowest BCUT2D eigenvalue weighted by molar-refractivity contribution is 0.477. The van der Waals surface area contributed by atoms with Crippen LogP contribution in [0.2, 0.25) is 0 Å². The molecule has 0 aliphatic carbocycles. The Labute approximate surface area is 302 Å². The Balaban J connectivity index is 1.10. The summed E-state index contributed by atoms with van der Waals surface area (Å²) in [5.74, 6) is 0.245. The number of pyridine rings is 1. The van der Waals surface area contributed by atoms with Crippen LogP contribution in [0.25, 0.3) is 22.0 Å².